The van der Waals surface area contributed by atoms with Crippen LogP contribution in [0.5, 0.6) is 5.75 Å². The van der Waals surface area contributed by atoms with Crippen molar-refractivity contribution >= 4 is 10.0 Å². The lowest BCUT2D eigenvalue weighted by Gasteiger charge is -2.14. The first-order valence-electron chi connectivity index (χ1n) is 7.98. The van der Waals surface area contributed by atoms with Crippen LogP contribution in [0.15, 0.2) is 35.2 Å². The number of ether oxygens (including phenoxy) is 1. The first-order valence-corrected chi connectivity index (χ1v) is 9.46. The Morgan fingerprint density at radius 3 is 2.08 bits per heavy atom. The van der Waals surface area contributed by atoms with E-state index < -0.39 is 10.0 Å². The van der Waals surface area contributed by atoms with Gasteiger partial charge in [0, 0.05) is 6.54 Å². The third-order valence-corrected chi connectivity index (χ3v) is 5.49. The van der Waals surface area contributed by atoms with Gasteiger partial charge in [-0.3, -0.25) is 0 Å². The van der Waals surface area contributed by atoms with Crippen LogP contribution < -0.4 is 9.46 Å². The Kier molecular flexibility index (Phi) is 5.67. The zero-order valence-corrected chi connectivity index (χ0v) is 15.8. The van der Waals surface area contributed by atoms with E-state index in [2.05, 4.69) is 16.9 Å². The quantitative estimate of drug-likeness (QED) is 0.813. The first-order chi connectivity index (χ1) is 11.2. The summed E-state index contributed by atoms with van der Waals surface area (Å²) in [5.74, 6) is 0.825. The molecule has 0 unspecified atom stereocenters. The minimum absolute atomic E-state index is 0.224. The van der Waals surface area contributed by atoms with Gasteiger partial charge in [0.1, 0.15) is 12.4 Å². The van der Waals surface area contributed by atoms with E-state index in [1.54, 1.807) is 12.1 Å². The smallest absolute Gasteiger partial charge is 0.240 e. The van der Waals surface area contributed by atoms with Gasteiger partial charge in [-0.15, -0.1) is 0 Å². The third kappa shape index (κ3) is 4.36. The third-order valence-electron chi connectivity index (χ3n) is 4.03. The maximum Gasteiger partial charge on any atom is 0.240 e. The molecule has 2 rings (SSSR count). The maximum atomic E-state index is 12.3. The number of aryl methyl sites for hydroxylation is 5. The summed E-state index contributed by atoms with van der Waals surface area (Å²) in [5.41, 5.74) is 5.34. The fourth-order valence-electron chi connectivity index (χ4n) is 2.69. The van der Waals surface area contributed by atoms with Crippen LogP contribution in [-0.2, 0) is 10.0 Å². The van der Waals surface area contributed by atoms with E-state index in [0.717, 1.165) is 28.0 Å². The van der Waals surface area contributed by atoms with E-state index >= 15 is 0 Å². The van der Waals surface area contributed by atoms with Gasteiger partial charge >= 0.3 is 0 Å². The molecule has 0 aliphatic heterocycles. The predicted octanol–water partition coefficient (Wildman–Crippen LogP) is 3.59. The number of hydrogen-bond donors (Lipinski definition) is 1. The Labute approximate surface area is 144 Å². The van der Waals surface area contributed by atoms with Gasteiger partial charge in [0.25, 0.3) is 0 Å². The Morgan fingerprint density at radius 1 is 0.875 bits per heavy atom. The second-order valence-electron chi connectivity index (χ2n) is 6.22. The highest BCUT2D eigenvalue weighted by atomic mass is 32.2. The van der Waals surface area contributed by atoms with Crippen molar-refractivity contribution in [3.63, 3.8) is 0 Å². The van der Waals surface area contributed by atoms with Gasteiger partial charge in [0.2, 0.25) is 10.0 Å². The molecule has 0 aromatic heterocycles. The van der Waals surface area contributed by atoms with Crippen LogP contribution in [0, 0.1) is 34.6 Å². The van der Waals surface area contributed by atoms with Crippen molar-refractivity contribution in [3.8, 4) is 5.75 Å². The van der Waals surface area contributed by atoms with Crippen molar-refractivity contribution in [1.29, 1.82) is 0 Å². The van der Waals surface area contributed by atoms with Crippen LogP contribution in [0.3, 0.4) is 0 Å². The van der Waals surface area contributed by atoms with Gasteiger partial charge in [-0.1, -0.05) is 23.8 Å². The largest absolute Gasteiger partial charge is 0.492 e. The van der Waals surface area contributed by atoms with E-state index in [1.165, 1.54) is 5.56 Å². The van der Waals surface area contributed by atoms with Crippen molar-refractivity contribution in [2.75, 3.05) is 13.2 Å². The standard InChI is InChI=1S/C19H25NO3S/c1-13-10-16(4)19(17(5)11-13)23-9-8-20-24(21,22)18-7-6-14(2)15(3)12-18/h6-7,10-12,20H,8-9H2,1-5H3. The summed E-state index contributed by atoms with van der Waals surface area (Å²) in [6, 6.07) is 9.25. The number of hydrogen-bond acceptors (Lipinski definition) is 3. The van der Waals surface area contributed by atoms with E-state index in [1.807, 2.05) is 40.7 Å². The highest BCUT2D eigenvalue weighted by Gasteiger charge is 2.14. The molecule has 0 bridgehead atoms. The van der Waals surface area contributed by atoms with Crippen molar-refractivity contribution in [2.45, 2.75) is 39.5 Å². The number of sulfonamides is 1. The van der Waals surface area contributed by atoms with Gasteiger partial charge in [0.15, 0.2) is 0 Å². The molecule has 0 amide bonds. The second kappa shape index (κ2) is 7.36. The monoisotopic (exact) mass is 347 g/mol. The number of benzene rings is 2. The highest BCUT2D eigenvalue weighted by molar-refractivity contribution is 7.89. The van der Waals surface area contributed by atoms with Gasteiger partial charge < -0.3 is 4.74 Å². The summed E-state index contributed by atoms with van der Waals surface area (Å²) in [4.78, 5) is 0.285. The summed E-state index contributed by atoms with van der Waals surface area (Å²) >= 11 is 0. The molecule has 0 radical (unpaired) electrons. The molecule has 0 saturated carbocycles. The van der Waals surface area contributed by atoms with E-state index in [9.17, 15) is 8.42 Å². The van der Waals surface area contributed by atoms with Gasteiger partial charge in [-0.05, 0) is 69.0 Å². The summed E-state index contributed by atoms with van der Waals surface area (Å²) < 4.78 is 33.0. The Bertz CT molecular complexity index is 819. The molecule has 0 heterocycles. The molecule has 130 valence electrons. The van der Waals surface area contributed by atoms with Crippen LogP contribution >= 0.6 is 0 Å². The Hall–Kier alpha value is -1.85. The lowest BCUT2D eigenvalue weighted by molar-refractivity contribution is 0.318. The molecule has 24 heavy (non-hydrogen) atoms. The maximum absolute atomic E-state index is 12.3. The minimum Gasteiger partial charge on any atom is -0.492 e. The summed E-state index contributed by atoms with van der Waals surface area (Å²) in [6.07, 6.45) is 0. The minimum atomic E-state index is -3.51. The molecule has 0 fully saturated rings. The zero-order chi connectivity index (χ0) is 17.9. The molecule has 0 aliphatic carbocycles. The van der Waals surface area contributed by atoms with Gasteiger partial charge in [-0.25, -0.2) is 13.1 Å². The van der Waals surface area contributed by atoms with Crippen LogP contribution in [-0.4, -0.2) is 21.6 Å². The fourth-order valence-corrected chi connectivity index (χ4v) is 3.79. The van der Waals surface area contributed by atoms with Crippen LogP contribution in [0.4, 0.5) is 0 Å². The predicted molar refractivity (Wildman–Crippen MR) is 97.3 cm³/mol. The molecule has 5 heteroatoms. The van der Waals surface area contributed by atoms with Crippen molar-refractivity contribution in [2.24, 2.45) is 0 Å². The average Bonchev–Trinajstić information content (AvgIpc) is 2.48. The normalized spacial score (nSPS) is 11.5. The summed E-state index contributed by atoms with van der Waals surface area (Å²) in [5, 5.41) is 0. The van der Waals surface area contributed by atoms with E-state index in [-0.39, 0.29) is 18.0 Å². The lowest BCUT2D eigenvalue weighted by Crippen LogP contribution is -2.28. The van der Waals surface area contributed by atoms with Gasteiger partial charge in [-0.2, -0.15) is 0 Å². The summed E-state index contributed by atoms with van der Waals surface area (Å²) in [6.45, 7) is 10.4. The zero-order valence-electron chi connectivity index (χ0n) is 14.9. The van der Waals surface area contributed by atoms with Gasteiger partial charge in [0.05, 0.1) is 4.90 Å². The fraction of sp³-hybridized carbons (Fsp3) is 0.368. The first kappa shape index (κ1) is 18.5. The van der Waals surface area contributed by atoms with E-state index in [0.29, 0.717) is 0 Å². The molecule has 2 aromatic carbocycles. The molecule has 4 nitrogen and oxygen atoms in total. The van der Waals surface area contributed by atoms with Crippen molar-refractivity contribution in [3.05, 3.63) is 58.1 Å². The molecule has 2 aromatic rings. The topological polar surface area (TPSA) is 55.4 Å². The molecule has 1 N–H and O–H groups in total. The van der Waals surface area contributed by atoms with E-state index in [4.69, 9.17) is 4.74 Å². The molecular weight excluding hydrogens is 322 g/mol. The molecular formula is C19H25NO3S. The van der Waals surface area contributed by atoms with Crippen LogP contribution in [0.1, 0.15) is 27.8 Å². The van der Waals surface area contributed by atoms with Crippen molar-refractivity contribution in [1.82, 2.24) is 4.72 Å². The molecule has 0 atom stereocenters. The molecule has 0 spiro atoms. The number of nitrogens with one attached hydrogen (secondary N) is 1. The lowest BCUT2D eigenvalue weighted by atomic mass is 10.1. The molecule has 0 saturated heterocycles. The van der Waals surface area contributed by atoms with Crippen LogP contribution in [0.2, 0.25) is 0 Å². The van der Waals surface area contributed by atoms with Crippen LogP contribution in [0.25, 0.3) is 0 Å². The SMILES string of the molecule is Cc1cc(C)c(OCCNS(=O)(=O)c2ccc(C)c(C)c2)c(C)c1. The highest BCUT2D eigenvalue weighted by Crippen LogP contribution is 2.24. The van der Waals surface area contributed by atoms with Crippen molar-refractivity contribution < 1.29 is 13.2 Å². The Morgan fingerprint density at radius 2 is 1.50 bits per heavy atom. The second-order valence-corrected chi connectivity index (χ2v) is 7.99. The summed E-state index contributed by atoms with van der Waals surface area (Å²) in [7, 11) is -3.51. The number of rotatable bonds is 6. The molecule has 0 aliphatic rings. The average molecular weight is 347 g/mol. The Balaban J connectivity index is 1.98.